The zero-order valence-corrected chi connectivity index (χ0v) is 22.4. The predicted molar refractivity (Wildman–Crippen MR) is 138 cm³/mol. The first-order chi connectivity index (χ1) is 17.5. The first kappa shape index (κ1) is 28.7. The second-order valence-corrected chi connectivity index (χ2v) is 10.7. The summed E-state index contributed by atoms with van der Waals surface area (Å²) in [7, 11) is 0. The topological polar surface area (TPSA) is 129 Å². The maximum Gasteiger partial charge on any atom is 0.315 e. The van der Waals surface area contributed by atoms with Crippen molar-refractivity contribution < 1.29 is 23.8 Å². The molecule has 0 saturated carbocycles. The summed E-state index contributed by atoms with van der Waals surface area (Å²) in [5, 5.41) is 17.6. The van der Waals surface area contributed by atoms with Gasteiger partial charge in [-0.05, 0) is 18.8 Å². The first-order valence-corrected chi connectivity index (χ1v) is 14.2. The van der Waals surface area contributed by atoms with E-state index in [0.29, 0.717) is 70.3 Å². The number of rotatable bonds is 19. The third kappa shape index (κ3) is 10.2. The highest BCUT2D eigenvalue weighted by molar-refractivity contribution is 8.00. The predicted octanol–water partition coefficient (Wildman–Crippen LogP) is 1.68. The van der Waals surface area contributed by atoms with Crippen molar-refractivity contribution in [3.8, 4) is 0 Å². The monoisotopic (exact) mass is 526 g/mol. The average molecular weight is 527 g/mol. The number of urea groups is 1. The van der Waals surface area contributed by atoms with Gasteiger partial charge in [-0.15, -0.1) is 5.10 Å². The molecular weight excluding hydrogens is 484 g/mol. The molecule has 12 heteroatoms. The highest BCUT2D eigenvalue weighted by Gasteiger charge is 2.42. The molecule has 2 aliphatic rings. The molecule has 1 aromatic rings. The fraction of sp³-hybridized carbons (Fsp3) is 0.833. The van der Waals surface area contributed by atoms with Crippen LogP contribution in [0.25, 0.3) is 0 Å². The molecule has 3 heterocycles. The van der Waals surface area contributed by atoms with Crippen molar-refractivity contribution in [2.75, 3.05) is 51.9 Å². The molecule has 3 amide bonds. The lowest BCUT2D eigenvalue weighted by Gasteiger charge is -2.16. The highest BCUT2D eigenvalue weighted by Crippen LogP contribution is 2.33. The lowest BCUT2D eigenvalue weighted by molar-refractivity contribution is -0.121. The van der Waals surface area contributed by atoms with Gasteiger partial charge >= 0.3 is 6.03 Å². The molecule has 0 aliphatic carbocycles. The van der Waals surface area contributed by atoms with Gasteiger partial charge in [0.25, 0.3) is 0 Å². The molecule has 204 valence electrons. The van der Waals surface area contributed by atoms with E-state index in [-0.39, 0.29) is 24.0 Å². The molecule has 36 heavy (non-hydrogen) atoms. The summed E-state index contributed by atoms with van der Waals surface area (Å²) in [5.74, 6) is 1.43. The van der Waals surface area contributed by atoms with Gasteiger partial charge in [-0.2, -0.15) is 11.8 Å². The van der Waals surface area contributed by atoms with E-state index in [4.69, 9.17) is 14.2 Å². The number of nitrogens with zero attached hydrogens (tertiary/aromatic N) is 3. The van der Waals surface area contributed by atoms with Crippen LogP contribution in [0.5, 0.6) is 0 Å². The number of fused-ring (bicyclic) bond motifs is 1. The number of hydrogen-bond donors (Lipinski definition) is 3. The third-order valence-electron chi connectivity index (χ3n) is 6.26. The van der Waals surface area contributed by atoms with Crippen molar-refractivity contribution in [1.29, 1.82) is 0 Å². The van der Waals surface area contributed by atoms with Gasteiger partial charge < -0.3 is 30.2 Å². The molecular formula is C24H42N6O5S. The number of amides is 3. The van der Waals surface area contributed by atoms with Crippen LogP contribution in [0, 0.1) is 0 Å². The van der Waals surface area contributed by atoms with E-state index >= 15 is 0 Å². The molecule has 1 unspecified atom stereocenters. The minimum Gasteiger partial charge on any atom is -0.377 e. The van der Waals surface area contributed by atoms with E-state index in [1.807, 2.05) is 18.0 Å². The average Bonchev–Trinajstić information content (AvgIpc) is 3.56. The molecule has 2 aliphatic heterocycles. The smallest absolute Gasteiger partial charge is 0.315 e. The molecule has 3 atom stereocenters. The summed E-state index contributed by atoms with van der Waals surface area (Å²) in [5.41, 5.74) is 0.987. The van der Waals surface area contributed by atoms with Crippen molar-refractivity contribution in [3.63, 3.8) is 0 Å². The van der Waals surface area contributed by atoms with Crippen molar-refractivity contribution >= 4 is 23.7 Å². The van der Waals surface area contributed by atoms with Crippen molar-refractivity contribution in [2.45, 2.75) is 75.7 Å². The molecule has 0 spiro atoms. The third-order valence-corrected chi connectivity index (χ3v) is 7.76. The minimum absolute atomic E-state index is 0.0374. The maximum absolute atomic E-state index is 12.0. The van der Waals surface area contributed by atoms with Gasteiger partial charge in [0, 0.05) is 30.2 Å². The van der Waals surface area contributed by atoms with Crippen LogP contribution >= 0.6 is 11.8 Å². The van der Waals surface area contributed by atoms with Gasteiger partial charge in [-0.3, -0.25) is 4.79 Å². The number of unbranched alkanes of at least 4 members (excludes halogenated alkanes) is 2. The normalized spacial score (nSPS) is 21.0. The Kier molecular flexibility index (Phi) is 12.8. The standard InChI is InChI=1S/C24H42N6O5S/c1-18(2)19-16-30(29-28-19)9-11-34-13-15-35-14-12-33-10-8-25-22(31)7-5-3-4-6-21-23-20(17-36-21)26-24(32)27-23/h16,18,20-21,23H,3-15,17H2,1-2H3,(H,25,31)(H2,26,27,32)/t20-,21?,23-/m0/s1. The lowest BCUT2D eigenvalue weighted by atomic mass is 10.0. The van der Waals surface area contributed by atoms with Gasteiger partial charge in [-0.25, -0.2) is 9.48 Å². The van der Waals surface area contributed by atoms with Crippen LogP contribution in [0.15, 0.2) is 6.20 Å². The largest absolute Gasteiger partial charge is 0.377 e. The maximum atomic E-state index is 12.0. The Hall–Kier alpha value is -1.89. The number of hydrogen-bond acceptors (Lipinski definition) is 8. The summed E-state index contributed by atoms with van der Waals surface area (Å²) >= 11 is 1.94. The quantitative estimate of drug-likeness (QED) is 0.184. The minimum atomic E-state index is -0.0374. The Bertz CT molecular complexity index is 795. The summed E-state index contributed by atoms with van der Waals surface area (Å²) in [6, 6.07) is 0.504. The Morgan fingerprint density at radius 3 is 2.61 bits per heavy atom. The molecule has 3 N–H and O–H groups in total. The molecule has 0 radical (unpaired) electrons. The van der Waals surface area contributed by atoms with E-state index in [0.717, 1.165) is 37.1 Å². The van der Waals surface area contributed by atoms with Crippen LogP contribution in [0.3, 0.4) is 0 Å². The Morgan fingerprint density at radius 1 is 1.11 bits per heavy atom. The van der Waals surface area contributed by atoms with Crippen LogP contribution < -0.4 is 16.0 Å². The van der Waals surface area contributed by atoms with Crippen molar-refractivity contribution in [1.82, 2.24) is 30.9 Å². The zero-order valence-electron chi connectivity index (χ0n) is 21.6. The van der Waals surface area contributed by atoms with Gasteiger partial charge in [0.15, 0.2) is 0 Å². The van der Waals surface area contributed by atoms with E-state index in [1.54, 1.807) is 4.68 Å². The summed E-state index contributed by atoms with van der Waals surface area (Å²) in [6.07, 6.45) is 6.57. The molecule has 2 fully saturated rings. The van der Waals surface area contributed by atoms with Crippen molar-refractivity contribution in [2.24, 2.45) is 0 Å². The van der Waals surface area contributed by atoms with Crippen LogP contribution in [-0.2, 0) is 25.5 Å². The van der Waals surface area contributed by atoms with Crippen LogP contribution in [0.1, 0.15) is 57.6 Å². The van der Waals surface area contributed by atoms with Crippen LogP contribution in [0.2, 0.25) is 0 Å². The Labute approximate surface area is 218 Å². The highest BCUT2D eigenvalue weighted by atomic mass is 32.2. The number of carbonyl (C=O) groups excluding carboxylic acids is 2. The van der Waals surface area contributed by atoms with Crippen LogP contribution in [0.4, 0.5) is 4.79 Å². The summed E-state index contributed by atoms with van der Waals surface area (Å²) in [4.78, 5) is 23.4. The van der Waals surface area contributed by atoms with E-state index in [9.17, 15) is 9.59 Å². The first-order valence-electron chi connectivity index (χ1n) is 13.1. The second-order valence-electron chi connectivity index (χ2n) is 9.47. The van der Waals surface area contributed by atoms with Gasteiger partial charge in [0.2, 0.25) is 5.91 Å². The van der Waals surface area contributed by atoms with E-state index < -0.39 is 0 Å². The SMILES string of the molecule is CC(C)c1cn(CCOCCOCCOCCNC(=O)CCCCCC2SC[C@@H]3NC(=O)N[C@H]23)nn1. The molecule has 0 bridgehead atoms. The molecule has 1 aromatic heterocycles. The number of carbonyl (C=O) groups is 2. The van der Waals surface area contributed by atoms with Gasteiger partial charge in [0.05, 0.1) is 64.0 Å². The van der Waals surface area contributed by atoms with Gasteiger partial charge in [0.1, 0.15) is 0 Å². The zero-order chi connectivity index (χ0) is 25.6. The van der Waals surface area contributed by atoms with Crippen molar-refractivity contribution in [3.05, 3.63) is 11.9 Å². The summed E-state index contributed by atoms with van der Waals surface area (Å²) < 4.78 is 18.3. The van der Waals surface area contributed by atoms with E-state index in [2.05, 4.69) is 40.1 Å². The molecule has 2 saturated heterocycles. The molecule has 0 aromatic carbocycles. The summed E-state index contributed by atoms with van der Waals surface area (Å²) in [6.45, 7) is 8.44. The number of ether oxygens (including phenoxy) is 3. The Balaban J connectivity index is 1.03. The number of thioether (sulfide) groups is 1. The fourth-order valence-electron chi connectivity index (χ4n) is 4.19. The lowest BCUT2D eigenvalue weighted by Crippen LogP contribution is -2.36. The van der Waals surface area contributed by atoms with Crippen LogP contribution in [-0.4, -0.2) is 96.2 Å². The number of nitrogens with one attached hydrogen (secondary N) is 3. The number of aromatic nitrogens is 3. The molecule has 11 nitrogen and oxygen atoms in total. The van der Waals surface area contributed by atoms with Gasteiger partial charge in [-0.1, -0.05) is 31.9 Å². The second kappa shape index (κ2) is 16.1. The van der Waals surface area contributed by atoms with E-state index in [1.165, 1.54) is 0 Å². The fourth-order valence-corrected chi connectivity index (χ4v) is 5.73. The Morgan fingerprint density at radius 2 is 1.86 bits per heavy atom. The molecule has 3 rings (SSSR count).